The number of anilines is 1. The highest BCUT2D eigenvalue weighted by atomic mass is 79.9. The molecule has 1 amide bonds. The van der Waals surface area contributed by atoms with Crippen LogP contribution in [0.4, 0.5) is 5.69 Å². The number of rotatable bonds is 2. The Labute approximate surface area is 120 Å². The van der Waals surface area contributed by atoms with Gasteiger partial charge in [-0.05, 0) is 58.8 Å². The fourth-order valence-corrected chi connectivity index (χ4v) is 3.32. The lowest BCUT2D eigenvalue weighted by atomic mass is 9.93. The molecule has 1 N–H and O–H groups in total. The van der Waals surface area contributed by atoms with Gasteiger partial charge in [-0.3, -0.25) is 4.79 Å². The van der Waals surface area contributed by atoms with Crippen LogP contribution in [0.3, 0.4) is 0 Å². The number of carbonyl (C=O) groups excluding carboxylic acids is 1. The molecule has 2 aliphatic rings. The molecule has 0 aromatic heterocycles. The van der Waals surface area contributed by atoms with Crippen LogP contribution < -0.4 is 5.32 Å². The van der Waals surface area contributed by atoms with Gasteiger partial charge in [0, 0.05) is 16.1 Å². The molecule has 1 fully saturated rings. The minimum Gasteiger partial charge on any atom is -0.326 e. The maximum absolute atomic E-state index is 12.2. The molecule has 0 radical (unpaired) electrons. The second-order valence-corrected chi connectivity index (χ2v) is 6.27. The summed E-state index contributed by atoms with van der Waals surface area (Å²) in [4.78, 5) is 12.2. The number of hydrogen-bond donors (Lipinski definition) is 1. The lowest BCUT2D eigenvalue weighted by Crippen LogP contribution is -2.25. The summed E-state index contributed by atoms with van der Waals surface area (Å²) in [5.74, 6) is 1.29. The summed E-state index contributed by atoms with van der Waals surface area (Å²) in [6, 6.07) is 5.47. The predicted octanol–water partition coefficient (Wildman–Crippen LogP) is 4.25. The van der Waals surface area contributed by atoms with E-state index in [-0.39, 0.29) is 11.8 Å². The molecule has 2 bridgehead atoms. The zero-order valence-corrected chi connectivity index (χ0v) is 12.0. The Balaban J connectivity index is 1.71. The summed E-state index contributed by atoms with van der Waals surface area (Å²) in [7, 11) is 0. The van der Waals surface area contributed by atoms with Crippen molar-refractivity contribution >= 4 is 39.1 Å². The van der Waals surface area contributed by atoms with Crippen molar-refractivity contribution in [3.05, 3.63) is 39.8 Å². The molecule has 94 valence electrons. The fraction of sp³-hybridized carbons (Fsp3) is 0.357. The predicted molar refractivity (Wildman–Crippen MR) is 76.6 cm³/mol. The molecule has 1 aromatic carbocycles. The van der Waals surface area contributed by atoms with E-state index >= 15 is 0 Å². The van der Waals surface area contributed by atoms with Gasteiger partial charge >= 0.3 is 0 Å². The fourth-order valence-electron chi connectivity index (χ4n) is 2.89. The van der Waals surface area contributed by atoms with Crippen LogP contribution in [0.5, 0.6) is 0 Å². The average Bonchev–Trinajstić information content (AvgIpc) is 2.96. The quantitative estimate of drug-likeness (QED) is 0.809. The van der Waals surface area contributed by atoms with Crippen molar-refractivity contribution in [1.82, 2.24) is 0 Å². The first-order valence-corrected chi connectivity index (χ1v) is 7.25. The van der Waals surface area contributed by atoms with E-state index in [2.05, 4.69) is 33.4 Å². The third kappa shape index (κ3) is 2.21. The van der Waals surface area contributed by atoms with Crippen molar-refractivity contribution < 1.29 is 4.79 Å². The van der Waals surface area contributed by atoms with Crippen LogP contribution in [0, 0.1) is 17.8 Å². The highest BCUT2D eigenvalue weighted by Gasteiger charge is 2.39. The van der Waals surface area contributed by atoms with E-state index in [4.69, 9.17) is 11.6 Å². The molecule has 2 aliphatic carbocycles. The van der Waals surface area contributed by atoms with Crippen molar-refractivity contribution in [2.24, 2.45) is 17.8 Å². The van der Waals surface area contributed by atoms with E-state index in [1.807, 2.05) is 12.1 Å². The van der Waals surface area contributed by atoms with Crippen LogP contribution in [-0.2, 0) is 4.79 Å². The molecule has 4 heteroatoms. The molecule has 3 unspecified atom stereocenters. The number of benzene rings is 1. The Morgan fingerprint density at radius 2 is 2.17 bits per heavy atom. The molecule has 0 spiro atoms. The molecule has 1 aromatic rings. The summed E-state index contributed by atoms with van der Waals surface area (Å²) in [5.41, 5.74) is 0.764. The standard InChI is InChI=1S/C14H13BrClNO/c15-12-4-3-10(7-13(12)16)17-14(18)11-6-8-1-2-9(11)5-8/h1-4,7-9,11H,5-6H2,(H,17,18). The number of carbonyl (C=O) groups is 1. The van der Waals surface area contributed by atoms with Gasteiger partial charge in [0.05, 0.1) is 5.02 Å². The molecule has 18 heavy (non-hydrogen) atoms. The van der Waals surface area contributed by atoms with E-state index in [0.29, 0.717) is 16.9 Å². The Kier molecular flexibility index (Phi) is 3.20. The van der Waals surface area contributed by atoms with Crippen molar-refractivity contribution in [3.8, 4) is 0 Å². The number of nitrogens with one attached hydrogen (secondary N) is 1. The van der Waals surface area contributed by atoms with Crippen LogP contribution >= 0.6 is 27.5 Å². The van der Waals surface area contributed by atoms with Gasteiger partial charge < -0.3 is 5.32 Å². The average molecular weight is 327 g/mol. The highest BCUT2D eigenvalue weighted by Crippen LogP contribution is 2.43. The van der Waals surface area contributed by atoms with Gasteiger partial charge in [-0.1, -0.05) is 23.8 Å². The van der Waals surface area contributed by atoms with Gasteiger partial charge in [0.2, 0.25) is 5.91 Å². The zero-order valence-electron chi connectivity index (χ0n) is 9.70. The molecule has 0 heterocycles. The number of fused-ring (bicyclic) bond motifs is 2. The van der Waals surface area contributed by atoms with Crippen LogP contribution in [0.15, 0.2) is 34.8 Å². The van der Waals surface area contributed by atoms with Crippen molar-refractivity contribution in [2.75, 3.05) is 5.32 Å². The summed E-state index contributed by atoms with van der Waals surface area (Å²) in [6.07, 6.45) is 6.55. The molecule has 2 nitrogen and oxygen atoms in total. The topological polar surface area (TPSA) is 29.1 Å². The summed E-state index contributed by atoms with van der Waals surface area (Å²) >= 11 is 9.35. The molecular formula is C14H13BrClNO. The van der Waals surface area contributed by atoms with Crippen molar-refractivity contribution in [1.29, 1.82) is 0 Å². The first-order valence-electron chi connectivity index (χ1n) is 6.08. The molecule has 3 rings (SSSR count). The number of hydrogen-bond acceptors (Lipinski definition) is 1. The highest BCUT2D eigenvalue weighted by molar-refractivity contribution is 9.10. The maximum atomic E-state index is 12.2. The van der Waals surface area contributed by atoms with Gasteiger partial charge in [-0.15, -0.1) is 0 Å². The number of halogens is 2. The third-order valence-electron chi connectivity index (χ3n) is 3.80. The summed E-state index contributed by atoms with van der Waals surface area (Å²) in [5, 5.41) is 3.57. The minimum atomic E-state index is 0.116. The van der Waals surface area contributed by atoms with Crippen LogP contribution in [-0.4, -0.2) is 5.91 Å². The van der Waals surface area contributed by atoms with Gasteiger partial charge in [-0.2, -0.15) is 0 Å². The Bertz CT molecular complexity index is 529. The van der Waals surface area contributed by atoms with Gasteiger partial charge in [0.1, 0.15) is 0 Å². The van der Waals surface area contributed by atoms with E-state index in [0.717, 1.165) is 23.0 Å². The lowest BCUT2D eigenvalue weighted by Gasteiger charge is -2.17. The maximum Gasteiger partial charge on any atom is 0.228 e. The first-order chi connectivity index (χ1) is 8.63. The largest absolute Gasteiger partial charge is 0.326 e. The molecule has 0 aliphatic heterocycles. The number of allylic oxidation sites excluding steroid dienone is 2. The smallest absolute Gasteiger partial charge is 0.228 e. The Hall–Kier alpha value is -0.800. The van der Waals surface area contributed by atoms with E-state index in [1.54, 1.807) is 6.07 Å². The van der Waals surface area contributed by atoms with Crippen molar-refractivity contribution in [2.45, 2.75) is 12.8 Å². The van der Waals surface area contributed by atoms with Crippen LogP contribution in [0.25, 0.3) is 0 Å². The van der Waals surface area contributed by atoms with Crippen LogP contribution in [0.2, 0.25) is 5.02 Å². The van der Waals surface area contributed by atoms with E-state index in [1.165, 1.54) is 0 Å². The van der Waals surface area contributed by atoms with Crippen LogP contribution in [0.1, 0.15) is 12.8 Å². The molecule has 0 saturated heterocycles. The number of amides is 1. The SMILES string of the molecule is O=C(Nc1ccc(Br)c(Cl)c1)C1CC2C=CC1C2. The first kappa shape index (κ1) is 12.2. The van der Waals surface area contributed by atoms with Gasteiger partial charge in [0.25, 0.3) is 0 Å². The second kappa shape index (κ2) is 4.71. The van der Waals surface area contributed by atoms with E-state index in [9.17, 15) is 4.79 Å². The third-order valence-corrected chi connectivity index (χ3v) is 5.04. The summed E-state index contributed by atoms with van der Waals surface area (Å²) in [6.45, 7) is 0. The minimum absolute atomic E-state index is 0.116. The zero-order chi connectivity index (χ0) is 12.7. The Morgan fingerprint density at radius 3 is 2.78 bits per heavy atom. The lowest BCUT2D eigenvalue weighted by molar-refractivity contribution is -0.120. The van der Waals surface area contributed by atoms with Gasteiger partial charge in [0.15, 0.2) is 0 Å². The normalized spacial score (nSPS) is 28.7. The second-order valence-electron chi connectivity index (χ2n) is 5.00. The van der Waals surface area contributed by atoms with Crippen molar-refractivity contribution in [3.63, 3.8) is 0 Å². The molecule has 1 saturated carbocycles. The van der Waals surface area contributed by atoms with Gasteiger partial charge in [-0.25, -0.2) is 0 Å². The van der Waals surface area contributed by atoms with E-state index < -0.39 is 0 Å². The summed E-state index contributed by atoms with van der Waals surface area (Å²) < 4.78 is 0.838. The molecular weight excluding hydrogens is 314 g/mol. The molecule has 3 atom stereocenters. The monoisotopic (exact) mass is 325 g/mol. The Morgan fingerprint density at radius 1 is 1.33 bits per heavy atom.